The first-order valence-electron chi connectivity index (χ1n) is 8.49. The number of halogens is 1. The third-order valence-corrected chi connectivity index (χ3v) is 4.35. The lowest BCUT2D eigenvalue weighted by molar-refractivity contribution is 0.0726. The molecule has 2 N–H and O–H groups in total. The Balaban J connectivity index is 1.72. The number of amides is 2. The molecule has 0 spiro atoms. The molecule has 0 unspecified atom stereocenters. The van der Waals surface area contributed by atoms with Gasteiger partial charge in [-0.3, -0.25) is 14.7 Å². The highest BCUT2D eigenvalue weighted by Gasteiger charge is 2.29. The fourth-order valence-corrected chi connectivity index (χ4v) is 2.96. The minimum Gasteiger partial charge on any atom is -0.385 e. The first kappa shape index (κ1) is 18.1. The van der Waals surface area contributed by atoms with Gasteiger partial charge < -0.3 is 15.0 Å². The number of aromatic amines is 1. The number of fused-ring (bicyclic) bond motifs is 1. The van der Waals surface area contributed by atoms with Crippen molar-refractivity contribution in [2.45, 2.75) is 19.4 Å². The zero-order valence-corrected chi connectivity index (χ0v) is 14.5. The number of aromatic nitrogens is 2. The molecule has 2 heterocycles. The van der Waals surface area contributed by atoms with Crippen LogP contribution in [0.25, 0.3) is 0 Å². The quantitative estimate of drug-likeness (QED) is 0.765. The maximum Gasteiger partial charge on any atom is 0.272 e. The fourth-order valence-electron chi connectivity index (χ4n) is 2.96. The number of H-pyrrole nitrogens is 1. The number of benzene rings is 1. The van der Waals surface area contributed by atoms with Crippen molar-refractivity contribution in [3.8, 4) is 0 Å². The number of methoxy groups -OCH3 is 1. The summed E-state index contributed by atoms with van der Waals surface area (Å²) < 4.78 is 18.8. The van der Waals surface area contributed by atoms with E-state index in [0.717, 1.165) is 5.69 Å². The largest absolute Gasteiger partial charge is 0.385 e. The molecule has 1 aromatic heterocycles. The molecular weight excluding hydrogens is 339 g/mol. The van der Waals surface area contributed by atoms with Crippen molar-refractivity contribution in [2.75, 3.05) is 26.8 Å². The van der Waals surface area contributed by atoms with E-state index in [1.807, 2.05) is 0 Å². The van der Waals surface area contributed by atoms with E-state index < -0.39 is 5.82 Å². The van der Waals surface area contributed by atoms with Gasteiger partial charge in [-0.15, -0.1) is 0 Å². The second-order valence-corrected chi connectivity index (χ2v) is 6.09. The van der Waals surface area contributed by atoms with Crippen LogP contribution in [0.15, 0.2) is 24.3 Å². The summed E-state index contributed by atoms with van der Waals surface area (Å²) in [6.45, 7) is 1.70. The molecule has 2 aromatic rings. The van der Waals surface area contributed by atoms with Gasteiger partial charge in [0.1, 0.15) is 5.82 Å². The molecule has 0 saturated heterocycles. The predicted molar refractivity (Wildman–Crippen MR) is 92.3 cm³/mol. The third-order valence-electron chi connectivity index (χ3n) is 4.35. The molecule has 3 rings (SSSR count). The molecule has 1 aromatic carbocycles. The van der Waals surface area contributed by atoms with Crippen LogP contribution in [0, 0.1) is 5.82 Å². The lowest BCUT2D eigenvalue weighted by atomic mass is 10.0. The maximum atomic E-state index is 13.9. The highest BCUT2D eigenvalue weighted by atomic mass is 19.1. The topological polar surface area (TPSA) is 87.3 Å². The summed E-state index contributed by atoms with van der Waals surface area (Å²) in [4.78, 5) is 26.5. The SMILES string of the molecule is COCCCNC(=O)c1n[nH]c2c1CN(C(=O)c1ccccc1F)CC2. The highest BCUT2D eigenvalue weighted by molar-refractivity contribution is 5.96. The van der Waals surface area contributed by atoms with Gasteiger partial charge in [-0.1, -0.05) is 12.1 Å². The van der Waals surface area contributed by atoms with Gasteiger partial charge in [0.2, 0.25) is 0 Å². The zero-order valence-electron chi connectivity index (χ0n) is 14.5. The number of carbonyl (C=O) groups is 2. The van der Waals surface area contributed by atoms with Gasteiger partial charge in [-0.25, -0.2) is 4.39 Å². The standard InChI is InChI=1S/C18H21FN4O3/c1-26-10-4-8-20-17(24)16-13-11-23(9-7-15(13)21-22-16)18(25)12-5-2-3-6-14(12)19/h2-3,5-6H,4,7-11H2,1H3,(H,20,24)(H,21,22). The Morgan fingerprint density at radius 3 is 2.96 bits per heavy atom. The number of hydrogen-bond acceptors (Lipinski definition) is 4. The first-order chi connectivity index (χ1) is 12.6. The normalized spacial score (nSPS) is 13.4. The monoisotopic (exact) mass is 360 g/mol. The van der Waals surface area contributed by atoms with E-state index in [4.69, 9.17) is 4.74 Å². The van der Waals surface area contributed by atoms with Crippen molar-refractivity contribution in [2.24, 2.45) is 0 Å². The molecule has 26 heavy (non-hydrogen) atoms. The van der Waals surface area contributed by atoms with Gasteiger partial charge in [0.25, 0.3) is 11.8 Å². The smallest absolute Gasteiger partial charge is 0.272 e. The molecule has 1 aliphatic heterocycles. The summed E-state index contributed by atoms with van der Waals surface area (Å²) in [5.74, 6) is -1.23. The van der Waals surface area contributed by atoms with Crippen LogP contribution in [0.2, 0.25) is 0 Å². The molecule has 8 heteroatoms. The van der Waals surface area contributed by atoms with Gasteiger partial charge in [-0.2, -0.15) is 5.10 Å². The number of hydrogen-bond donors (Lipinski definition) is 2. The molecule has 2 amide bonds. The van der Waals surface area contributed by atoms with Gasteiger partial charge in [0.15, 0.2) is 5.69 Å². The number of nitrogens with one attached hydrogen (secondary N) is 2. The summed E-state index contributed by atoms with van der Waals surface area (Å²) in [6.07, 6.45) is 1.24. The number of rotatable bonds is 6. The number of carbonyl (C=O) groups excluding carboxylic acids is 2. The third kappa shape index (κ3) is 3.75. The van der Waals surface area contributed by atoms with Crippen LogP contribution in [-0.4, -0.2) is 53.7 Å². The van der Waals surface area contributed by atoms with E-state index in [-0.39, 0.29) is 29.6 Å². The lowest BCUT2D eigenvalue weighted by Crippen LogP contribution is -2.37. The highest BCUT2D eigenvalue weighted by Crippen LogP contribution is 2.22. The van der Waals surface area contributed by atoms with Crippen LogP contribution >= 0.6 is 0 Å². The van der Waals surface area contributed by atoms with E-state index >= 15 is 0 Å². The molecule has 0 atom stereocenters. The van der Waals surface area contributed by atoms with Gasteiger partial charge in [-0.05, 0) is 18.6 Å². The van der Waals surface area contributed by atoms with Crippen LogP contribution in [0.4, 0.5) is 4.39 Å². The molecular formula is C18H21FN4O3. The molecule has 0 bridgehead atoms. The minimum atomic E-state index is -0.549. The first-order valence-corrected chi connectivity index (χ1v) is 8.49. The Kier molecular flexibility index (Phi) is 5.62. The molecule has 7 nitrogen and oxygen atoms in total. The lowest BCUT2D eigenvalue weighted by Gasteiger charge is -2.27. The average Bonchev–Trinajstić information content (AvgIpc) is 3.08. The minimum absolute atomic E-state index is 0.0324. The van der Waals surface area contributed by atoms with E-state index in [2.05, 4.69) is 15.5 Å². The molecule has 0 radical (unpaired) electrons. The second kappa shape index (κ2) is 8.09. The van der Waals surface area contributed by atoms with Crippen molar-refractivity contribution in [1.29, 1.82) is 0 Å². The number of nitrogens with zero attached hydrogens (tertiary/aromatic N) is 2. The zero-order chi connectivity index (χ0) is 18.5. The summed E-state index contributed by atoms with van der Waals surface area (Å²) in [5, 5.41) is 9.76. The Bertz CT molecular complexity index is 805. The van der Waals surface area contributed by atoms with Crippen LogP contribution in [0.3, 0.4) is 0 Å². The van der Waals surface area contributed by atoms with Crippen molar-refractivity contribution in [3.63, 3.8) is 0 Å². The average molecular weight is 360 g/mol. The molecule has 0 fully saturated rings. The van der Waals surface area contributed by atoms with Crippen molar-refractivity contribution in [1.82, 2.24) is 20.4 Å². The Hall–Kier alpha value is -2.74. The van der Waals surface area contributed by atoms with Crippen LogP contribution < -0.4 is 5.32 Å². The fraction of sp³-hybridized carbons (Fsp3) is 0.389. The van der Waals surface area contributed by atoms with E-state index in [9.17, 15) is 14.0 Å². The Morgan fingerprint density at radius 2 is 2.19 bits per heavy atom. The summed E-state index contributed by atoms with van der Waals surface area (Å²) in [5.41, 5.74) is 1.84. The van der Waals surface area contributed by atoms with Gasteiger partial charge in [0.05, 0.1) is 12.1 Å². The Morgan fingerprint density at radius 1 is 1.38 bits per heavy atom. The van der Waals surface area contributed by atoms with Crippen molar-refractivity contribution < 1.29 is 18.7 Å². The van der Waals surface area contributed by atoms with Crippen molar-refractivity contribution >= 4 is 11.8 Å². The van der Waals surface area contributed by atoms with Gasteiger partial charge >= 0.3 is 0 Å². The van der Waals surface area contributed by atoms with Crippen LogP contribution in [0.1, 0.15) is 38.5 Å². The summed E-state index contributed by atoms with van der Waals surface area (Å²) in [6, 6.07) is 5.90. The number of ether oxygens (including phenoxy) is 1. The van der Waals surface area contributed by atoms with Gasteiger partial charge in [0, 0.05) is 44.5 Å². The van der Waals surface area contributed by atoms with E-state index in [0.29, 0.717) is 38.1 Å². The Labute approximate surface area is 150 Å². The molecule has 0 saturated carbocycles. The second-order valence-electron chi connectivity index (χ2n) is 6.09. The van der Waals surface area contributed by atoms with E-state index in [1.165, 1.54) is 17.0 Å². The summed E-state index contributed by atoms with van der Waals surface area (Å²) >= 11 is 0. The summed E-state index contributed by atoms with van der Waals surface area (Å²) in [7, 11) is 1.60. The van der Waals surface area contributed by atoms with Crippen molar-refractivity contribution in [3.05, 3.63) is 52.6 Å². The molecule has 0 aliphatic carbocycles. The molecule has 138 valence electrons. The van der Waals surface area contributed by atoms with E-state index in [1.54, 1.807) is 19.2 Å². The predicted octanol–water partition coefficient (Wildman–Crippen LogP) is 1.51. The maximum absolute atomic E-state index is 13.9. The van der Waals surface area contributed by atoms with Crippen LogP contribution in [-0.2, 0) is 17.7 Å². The molecule has 1 aliphatic rings. The van der Waals surface area contributed by atoms with Crippen LogP contribution in [0.5, 0.6) is 0 Å².